The Balaban J connectivity index is 1.40. The molecule has 9 heteroatoms. The minimum atomic E-state index is -0.253. The predicted molar refractivity (Wildman–Crippen MR) is 137 cm³/mol. The van der Waals surface area contributed by atoms with Gasteiger partial charge in [0.15, 0.2) is 0 Å². The van der Waals surface area contributed by atoms with E-state index in [0.29, 0.717) is 11.9 Å². The van der Waals surface area contributed by atoms with Gasteiger partial charge in [-0.3, -0.25) is 9.59 Å². The number of nitrogens with zero attached hydrogens (tertiary/aromatic N) is 5. The van der Waals surface area contributed by atoms with Gasteiger partial charge in [0.2, 0.25) is 5.91 Å². The minimum absolute atomic E-state index is 0.00442. The van der Waals surface area contributed by atoms with Gasteiger partial charge in [0, 0.05) is 48.6 Å². The van der Waals surface area contributed by atoms with Crippen molar-refractivity contribution in [3.8, 4) is 11.3 Å². The Labute approximate surface area is 209 Å². The molecule has 2 saturated heterocycles. The summed E-state index contributed by atoms with van der Waals surface area (Å²) in [5, 5.41) is 8.81. The molecule has 36 heavy (non-hydrogen) atoms. The number of anilines is 2. The van der Waals surface area contributed by atoms with Crippen LogP contribution in [0.2, 0.25) is 0 Å². The number of aromatic nitrogens is 4. The Bertz CT molecular complexity index is 1440. The number of pyridine rings is 1. The smallest absolute Gasteiger partial charge is 0.290 e. The summed E-state index contributed by atoms with van der Waals surface area (Å²) in [6, 6.07) is 4.38. The molecule has 5 heterocycles. The Kier molecular flexibility index (Phi) is 4.68. The summed E-state index contributed by atoms with van der Waals surface area (Å²) in [4.78, 5) is 32.3. The Morgan fingerprint density at radius 2 is 2.00 bits per heavy atom. The van der Waals surface area contributed by atoms with Crippen molar-refractivity contribution in [2.45, 2.75) is 64.0 Å². The van der Waals surface area contributed by atoms with Crippen LogP contribution in [-0.2, 0) is 15.1 Å². The van der Waals surface area contributed by atoms with Crippen molar-refractivity contribution in [2.24, 2.45) is 5.41 Å². The van der Waals surface area contributed by atoms with Gasteiger partial charge in [0.05, 0.1) is 36.2 Å². The second-order valence-corrected chi connectivity index (χ2v) is 11.6. The van der Waals surface area contributed by atoms with Crippen molar-refractivity contribution >= 4 is 28.3 Å². The third-order valence-electron chi connectivity index (χ3n) is 8.67. The first kappa shape index (κ1) is 22.0. The molecule has 0 atom stereocenters. The van der Waals surface area contributed by atoms with Gasteiger partial charge in [-0.25, -0.2) is 9.67 Å². The quantitative estimate of drug-likeness (QED) is 0.589. The first-order valence-corrected chi connectivity index (χ1v) is 13.1. The van der Waals surface area contributed by atoms with Crippen LogP contribution >= 0.6 is 0 Å². The lowest BCUT2D eigenvalue weighted by Gasteiger charge is -2.40. The SMILES string of the molecule is CC(=O)Nc1cc2c(-c3cc(N4CCC5(COC5)C4)c(=O)n(C4(C)CCC4)n3)cn(C3CC3)c2cn1. The maximum Gasteiger partial charge on any atom is 0.290 e. The zero-order valence-electron chi connectivity index (χ0n) is 20.9. The van der Waals surface area contributed by atoms with Crippen molar-refractivity contribution in [3.63, 3.8) is 0 Å². The van der Waals surface area contributed by atoms with E-state index in [0.717, 1.165) is 92.7 Å². The zero-order chi connectivity index (χ0) is 24.7. The first-order valence-electron chi connectivity index (χ1n) is 13.1. The van der Waals surface area contributed by atoms with Crippen LogP contribution in [0.1, 0.15) is 58.4 Å². The molecule has 0 aromatic carbocycles. The molecule has 2 aliphatic heterocycles. The van der Waals surface area contributed by atoms with Crippen LogP contribution < -0.4 is 15.8 Å². The van der Waals surface area contributed by atoms with Crippen LogP contribution in [0.4, 0.5) is 11.5 Å². The molecule has 188 valence electrons. The van der Waals surface area contributed by atoms with Crippen molar-refractivity contribution in [1.29, 1.82) is 0 Å². The number of ether oxygens (including phenoxy) is 1. The van der Waals surface area contributed by atoms with Crippen molar-refractivity contribution < 1.29 is 9.53 Å². The highest BCUT2D eigenvalue weighted by Crippen LogP contribution is 2.44. The number of nitrogens with one attached hydrogen (secondary N) is 1. The van der Waals surface area contributed by atoms with Gasteiger partial charge in [0.25, 0.3) is 5.56 Å². The monoisotopic (exact) mass is 488 g/mol. The molecule has 2 saturated carbocycles. The van der Waals surface area contributed by atoms with E-state index in [1.165, 1.54) is 6.92 Å². The standard InChI is InChI=1S/C27H32N6O3/c1-17(34)29-24-10-19-20(13-32(18-4-5-18)23(19)12-28-24)21-11-22(31-9-8-27(14-31)15-36-16-27)25(35)33(30-21)26(2)6-3-7-26/h10-13,18H,3-9,14-16H2,1-2H3,(H,28,29,34). The average molecular weight is 489 g/mol. The Hall–Kier alpha value is -3.20. The maximum absolute atomic E-state index is 13.8. The fourth-order valence-electron chi connectivity index (χ4n) is 6.13. The number of carbonyl (C=O) groups is 1. The second-order valence-electron chi connectivity index (χ2n) is 11.6. The molecule has 1 N–H and O–H groups in total. The lowest BCUT2D eigenvalue weighted by atomic mass is 9.78. The van der Waals surface area contributed by atoms with Gasteiger partial charge in [-0.15, -0.1) is 0 Å². The number of fused-ring (bicyclic) bond motifs is 1. The van der Waals surface area contributed by atoms with Gasteiger partial charge < -0.3 is 19.5 Å². The zero-order valence-corrected chi connectivity index (χ0v) is 20.9. The van der Waals surface area contributed by atoms with Crippen LogP contribution in [0.25, 0.3) is 22.2 Å². The third kappa shape index (κ3) is 3.39. The molecule has 0 unspecified atom stereocenters. The lowest BCUT2D eigenvalue weighted by molar-refractivity contribution is -0.114. The van der Waals surface area contributed by atoms with E-state index in [1.54, 1.807) is 4.68 Å². The van der Waals surface area contributed by atoms with E-state index in [4.69, 9.17) is 9.84 Å². The van der Waals surface area contributed by atoms with Crippen LogP contribution in [0, 0.1) is 5.41 Å². The van der Waals surface area contributed by atoms with E-state index < -0.39 is 0 Å². The molecule has 2 aliphatic carbocycles. The van der Waals surface area contributed by atoms with Gasteiger partial charge in [-0.05, 0) is 57.6 Å². The minimum Gasteiger partial charge on any atom is -0.380 e. The summed E-state index contributed by atoms with van der Waals surface area (Å²) in [6.07, 6.45) is 10.4. The molecular formula is C27H32N6O3. The van der Waals surface area contributed by atoms with E-state index >= 15 is 0 Å². The number of hydrogen-bond donors (Lipinski definition) is 1. The van der Waals surface area contributed by atoms with Crippen molar-refractivity contribution in [1.82, 2.24) is 19.3 Å². The van der Waals surface area contributed by atoms with Crippen molar-refractivity contribution in [2.75, 3.05) is 36.5 Å². The van der Waals surface area contributed by atoms with E-state index in [1.807, 2.05) is 18.3 Å². The summed E-state index contributed by atoms with van der Waals surface area (Å²) in [6.45, 7) is 6.90. The second kappa shape index (κ2) is 7.65. The molecule has 4 aliphatic rings. The highest BCUT2D eigenvalue weighted by atomic mass is 16.5. The van der Waals surface area contributed by atoms with Crippen LogP contribution in [-0.4, -0.2) is 51.5 Å². The summed E-state index contributed by atoms with van der Waals surface area (Å²) in [7, 11) is 0. The molecule has 4 fully saturated rings. The van der Waals surface area contributed by atoms with Crippen LogP contribution in [0.3, 0.4) is 0 Å². The third-order valence-corrected chi connectivity index (χ3v) is 8.67. The summed E-state index contributed by atoms with van der Waals surface area (Å²) in [5.41, 5.74) is 3.48. The number of rotatable bonds is 5. The fraction of sp³-hybridized carbons (Fsp3) is 0.556. The van der Waals surface area contributed by atoms with E-state index in [2.05, 4.69) is 32.9 Å². The van der Waals surface area contributed by atoms with E-state index in [-0.39, 0.29) is 22.4 Å². The number of amides is 1. The topological polar surface area (TPSA) is 94.3 Å². The lowest BCUT2D eigenvalue weighted by Crippen LogP contribution is -2.48. The van der Waals surface area contributed by atoms with Gasteiger partial charge in [-0.2, -0.15) is 5.10 Å². The maximum atomic E-state index is 13.8. The normalized spacial score (nSPS) is 22.0. The largest absolute Gasteiger partial charge is 0.380 e. The molecule has 0 bridgehead atoms. The number of carbonyl (C=O) groups excluding carboxylic acids is 1. The molecular weight excluding hydrogens is 456 g/mol. The molecule has 1 spiro atoms. The molecule has 9 nitrogen and oxygen atoms in total. The first-order chi connectivity index (χ1) is 17.3. The molecule has 7 rings (SSSR count). The number of hydrogen-bond acceptors (Lipinski definition) is 6. The average Bonchev–Trinajstić information content (AvgIpc) is 3.42. The summed E-state index contributed by atoms with van der Waals surface area (Å²) in [5.74, 6) is 0.371. The molecule has 1 amide bonds. The highest BCUT2D eigenvalue weighted by molar-refractivity contribution is 5.98. The van der Waals surface area contributed by atoms with Gasteiger partial charge in [-0.1, -0.05) is 0 Å². The molecule has 0 radical (unpaired) electrons. The Morgan fingerprint density at radius 3 is 2.61 bits per heavy atom. The molecule has 3 aromatic heterocycles. The van der Waals surface area contributed by atoms with E-state index in [9.17, 15) is 9.59 Å². The predicted octanol–water partition coefficient (Wildman–Crippen LogP) is 3.68. The van der Waals surface area contributed by atoms with Gasteiger partial charge >= 0.3 is 0 Å². The highest BCUT2D eigenvalue weighted by Gasteiger charge is 2.46. The van der Waals surface area contributed by atoms with Crippen LogP contribution in [0.5, 0.6) is 0 Å². The summed E-state index contributed by atoms with van der Waals surface area (Å²) < 4.78 is 9.58. The fourth-order valence-corrected chi connectivity index (χ4v) is 6.13. The van der Waals surface area contributed by atoms with Crippen LogP contribution in [0.15, 0.2) is 29.3 Å². The Morgan fingerprint density at radius 1 is 1.19 bits per heavy atom. The van der Waals surface area contributed by atoms with Crippen molar-refractivity contribution in [3.05, 3.63) is 34.9 Å². The van der Waals surface area contributed by atoms with Gasteiger partial charge in [0.1, 0.15) is 11.5 Å². The molecule has 3 aromatic rings. The summed E-state index contributed by atoms with van der Waals surface area (Å²) >= 11 is 0.